The summed E-state index contributed by atoms with van der Waals surface area (Å²) in [6, 6.07) is 10.8. The zero-order chi connectivity index (χ0) is 12.8. The largest absolute Gasteiger partial charge is 0.493 e. The lowest BCUT2D eigenvalue weighted by Gasteiger charge is -2.12. The number of rotatable bonds is 5. The van der Waals surface area contributed by atoms with E-state index < -0.39 is 11.9 Å². The van der Waals surface area contributed by atoms with Crippen LogP contribution in [0.5, 0.6) is 5.75 Å². The number of hydrogen-bond acceptors (Lipinski definition) is 3. The van der Waals surface area contributed by atoms with Gasteiger partial charge in [-0.25, -0.2) is 4.39 Å². The lowest BCUT2D eigenvalue weighted by atomic mass is 10.1. The number of ether oxygens (including phenoxy) is 1. The molecule has 0 amide bonds. The van der Waals surface area contributed by atoms with E-state index in [1.165, 1.54) is 12.3 Å². The maximum Gasteiger partial charge on any atom is 0.147 e. The Morgan fingerprint density at radius 2 is 2.00 bits per heavy atom. The van der Waals surface area contributed by atoms with Gasteiger partial charge in [-0.05, 0) is 18.2 Å². The van der Waals surface area contributed by atoms with Gasteiger partial charge >= 0.3 is 0 Å². The van der Waals surface area contributed by atoms with Crippen LogP contribution >= 0.6 is 0 Å². The van der Waals surface area contributed by atoms with E-state index in [1.807, 2.05) is 30.3 Å². The van der Waals surface area contributed by atoms with E-state index in [-0.39, 0.29) is 5.56 Å². The Hall–Kier alpha value is -1.94. The van der Waals surface area contributed by atoms with Crippen LogP contribution in [0.4, 0.5) is 4.39 Å². The smallest absolute Gasteiger partial charge is 0.147 e. The Morgan fingerprint density at radius 1 is 1.22 bits per heavy atom. The molecule has 0 aliphatic rings. The summed E-state index contributed by atoms with van der Waals surface area (Å²) in [5.74, 6) is 0.240. The van der Waals surface area contributed by atoms with E-state index in [9.17, 15) is 9.50 Å². The van der Waals surface area contributed by atoms with Gasteiger partial charge in [-0.2, -0.15) is 0 Å². The van der Waals surface area contributed by atoms with Crippen LogP contribution in [0.2, 0.25) is 0 Å². The van der Waals surface area contributed by atoms with E-state index in [0.29, 0.717) is 13.0 Å². The van der Waals surface area contributed by atoms with Crippen molar-refractivity contribution in [2.24, 2.45) is 0 Å². The molecule has 4 heteroatoms. The first-order valence-electron chi connectivity index (χ1n) is 5.72. The monoisotopic (exact) mass is 247 g/mol. The Bertz CT molecular complexity index is 490. The molecule has 18 heavy (non-hydrogen) atoms. The van der Waals surface area contributed by atoms with Gasteiger partial charge < -0.3 is 9.84 Å². The van der Waals surface area contributed by atoms with E-state index in [0.717, 1.165) is 11.9 Å². The van der Waals surface area contributed by atoms with Crippen LogP contribution in [0, 0.1) is 5.82 Å². The van der Waals surface area contributed by atoms with Crippen LogP contribution in [-0.2, 0) is 0 Å². The number of nitrogens with zero attached hydrogens (tertiary/aromatic N) is 1. The summed E-state index contributed by atoms with van der Waals surface area (Å²) in [5.41, 5.74) is 0.252. The average molecular weight is 247 g/mol. The highest BCUT2D eigenvalue weighted by Gasteiger charge is 2.12. The zero-order valence-electron chi connectivity index (χ0n) is 9.79. The number of benzene rings is 1. The molecule has 0 fully saturated rings. The van der Waals surface area contributed by atoms with Crippen molar-refractivity contribution in [3.63, 3.8) is 0 Å². The molecule has 0 aliphatic carbocycles. The molecular weight excluding hydrogens is 233 g/mol. The minimum atomic E-state index is -0.878. The number of halogens is 1. The Labute approximate surface area is 105 Å². The summed E-state index contributed by atoms with van der Waals surface area (Å²) >= 11 is 0. The van der Waals surface area contributed by atoms with Gasteiger partial charge in [0.15, 0.2) is 0 Å². The molecule has 2 rings (SSSR count). The molecule has 1 atom stereocenters. The maximum atomic E-state index is 13.3. The van der Waals surface area contributed by atoms with Crippen LogP contribution in [0.1, 0.15) is 18.1 Å². The van der Waals surface area contributed by atoms with Crippen molar-refractivity contribution in [1.82, 2.24) is 4.98 Å². The Balaban J connectivity index is 1.86. The summed E-state index contributed by atoms with van der Waals surface area (Å²) in [6.45, 7) is 0.326. The van der Waals surface area contributed by atoms with Crippen molar-refractivity contribution in [2.45, 2.75) is 12.5 Å². The van der Waals surface area contributed by atoms with E-state index in [1.54, 1.807) is 0 Å². The van der Waals surface area contributed by atoms with Gasteiger partial charge in [0, 0.05) is 18.2 Å². The molecule has 1 aromatic heterocycles. The van der Waals surface area contributed by atoms with Crippen LogP contribution < -0.4 is 4.74 Å². The molecule has 1 heterocycles. The molecular formula is C14H14FNO2. The summed E-state index contributed by atoms with van der Waals surface area (Å²) in [6.07, 6.45) is 2.00. The molecule has 0 bridgehead atoms. The second-order valence-corrected chi connectivity index (χ2v) is 3.86. The first kappa shape index (κ1) is 12.5. The highest BCUT2D eigenvalue weighted by atomic mass is 19.1. The normalized spacial score (nSPS) is 12.1. The molecule has 94 valence electrons. The first-order valence-corrected chi connectivity index (χ1v) is 5.72. The molecule has 3 nitrogen and oxygen atoms in total. The molecule has 1 unspecified atom stereocenters. The highest BCUT2D eigenvalue weighted by Crippen LogP contribution is 2.19. The van der Waals surface area contributed by atoms with E-state index in [4.69, 9.17) is 4.74 Å². The third-order valence-electron chi connectivity index (χ3n) is 2.57. The zero-order valence-corrected chi connectivity index (χ0v) is 9.79. The van der Waals surface area contributed by atoms with E-state index in [2.05, 4.69) is 4.98 Å². The van der Waals surface area contributed by atoms with Crippen molar-refractivity contribution in [3.8, 4) is 5.75 Å². The lowest BCUT2D eigenvalue weighted by molar-refractivity contribution is 0.137. The minimum absolute atomic E-state index is 0.252. The predicted octanol–water partition coefficient (Wildman–Crippen LogP) is 2.72. The van der Waals surface area contributed by atoms with Gasteiger partial charge in [0.05, 0.1) is 18.9 Å². The van der Waals surface area contributed by atoms with Gasteiger partial charge in [0.2, 0.25) is 0 Å². The molecule has 0 spiro atoms. The molecule has 0 aliphatic heterocycles. The van der Waals surface area contributed by atoms with Crippen molar-refractivity contribution in [2.75, 3.05) is 6.61 Å². The number of hydrogen-bond donors (Lipinski definition) is 1. The summed E-state index contributed by atoms with van der Waals surface area (Å²) in [7, 11) is 0. The number of aliphatic hydroxyl groups is 1. The van der Waals surface area contributed by atoms with Crippen LogP contribution in [-0.4, -0.2) is 16.7 Å². The van der Waals surface area contributed by atoms with Crippen molar-refractivity contribution in [3.05, 3.63) is 60.2 Å². The molecule has 1 aromatic carbocycles. The SMILES string of the molecule is OC(CCOc1ccccc1)c1ccncc1F. The van der Waals surface area contributed by atoms with Crippen LogP contribution in [0.15, 0.2) is 48.8 Å². The fourth-order valence-electron chi connectivity index (χ4n) is 1.62. The third kappa shape index (κ3) is 3.28. The van der Waals surface area contributed by atoms with Gasteiger partial charge in [0.25, 0.3) is 0 Å². The van der Waals surface area contributed by atoms with Crippen molar-refractivity contribution in [1.29, 1.82) is 0 Å². The second-order valence-electron chi connectivity index (χ2n) is 3.86. The number of aliphatic hydroxyl groups excluding tert-OH is 1. The minimum Gasteiger partial charge on any atom is -0.493 e. The summed E-state index contributed by atoms with van der Waals surface area (Å²) < 4.78 is 18.8. The van der Waals surface area contributed by atoms with Crippen LogP contribution in [0.25, 0.3) is 0 Å². The molecule has 0 saturated heterocycles. The number of para-hydroxylation sites is 1. The van der Waals surface area contributed by atoms with Crippen LogP contribution in [0.3, 0.4) is 0 Å². The predicted molar refractivity (Wildman–Crippen MR) is 65.7 cm³/mol. The van der Waals surface area contributed by atoms with Gasteiger partial charge in [0.1, 0.15) is 11.6 Å². The summed E-state index contributed by atoms with van der Waals surface area (Å²) in [4.78, 5) is 3.64. The van der Waals surface area contributed by atoms with Gasteiger partial charge in [-0.1, -0.05) is 18.2 Å². The maximum absolute atomic E-state index is 13.3. The fraction of sp³-hybridized carbons (Fsp3) is 0.214. The highest BCUT2D eigenvalue weighted by molar-refractivity contribution is 5.21. The quantitative estimate of drug-likeness (QED) is 0.883. The number of aromatic nitrogens is 1. The van der Waals surface area contributed by atoms with E-state index >= 15 is 0 Å². The molecule has 2 aromatic rings. The Kier molecular flexibility index (Phi) is 4.25. The summed E-state index contributed by atoms with van der Waals surface area (Å²) in [5, 5.41) is 9.83. The fourth-order valence-corrected chi connectivity index (χ4v) is 1.62. The lowest BCUT2D eigenvalue weighted by Crippen LogP contribution is -2.07. The molecule has 1 N–H and O–H groups in total. The first-order chi connectivity index (χ1) is 8.77. The molecule has 0 radical (unpaired) electrons. The van der Waals surface area contributed by atoms with Gasteiger partial charge in [-0.15, -0.1) is 0 Å². The number of pyridine rings is 1. The molecule has 0 saturated carbocycles. The average Bonchev–Trinajstić information content (AvgIpc) is 2.40. The van der Waals surface area contributed by atoms with Gasteiger partial charge in [-0.3, -0.25) is 4.98 Å². The third-order valence-corrected chi connectivity index (χ3v) is 2.57. The second kappa shape index (κ2) is 6.12. The standard InChI is InChI=1S/C14H14FNO2/c15-13-10-16-8-6-12(13)14(17)7-9-18-11-4-2-1-3-5-11/h1-6,8,10,14,17H,7,9H2. The Morgan fingerprint density at radius 3 is 2.72 bits per heavy atom. The van der Waals surface area contributed by atoms with Crippen molar-refractivity contribution >= 4 is 0 Å². The van der Waals surface area contributed by atoms with Crippen molar-refractivity contribution < 1.29 is 14.2 Å². The topological polar surface area (TPSA) is 42.4 Å².